The van der Waals surface area contributed by atoms with E-state index in [1.54, 1.807) is 20.8 Å². The van der Waals surface area contributed by atoms with Crippen molar-refractivity contribution in [2.75, 3.05) is 92.9 Å². The molecule has 1 aliphatic carbocycles. The zero-order valence-electron chi connectivity index (χ0n) is 46.4. The number of nitrogens with zero attached hydrogens (tertiary/aromatic N) is 4. The zero-order valence-corrected chi connectivity index (χ0v) is 47.9. The van der Waals surface area contributed by atoms with E-state index in [2.05, 4.69) is 45.1 Å². The molecule has 1 fully saturated rings. The first-order chi connectivity index (χ1) is 40.5. The highest BCUT2D eigenvalue weighted by Gasteiger charge is 2.38. The van der Waals surface area contributed by atoms with Crippen molar-refractivity contribution in [2.24, 2.45) is 5.73 Å². The van der Waals surface area contributed by atoms with Gasteiger partial charge < -0.3 is 55.5 Å². The number of alkyl carbamates (subject to hydrolysis) is 1. The minimum atomic E-state index is -0.603. The molecule has 430 valence electrons. The van der Waals surface area contributed by atoms with Gasteiger partial charge in [-0.2, -0.15) is 0 Å². The van der Waals surface area contributed by atoms with E-state index in [1.807, 2.05) is 110 Å². The number of anilines is 3. The average molecular weight is 1160 g/mol. The number of benzene rings is 7. The van der Waals surface area contributed by atoms with Gasteiger partial charge in [-0.25, -0.2) is 14.4 Å². The summed E-state index contributed by atoms with van der Waals surface area (Å²) in [6.07, 6.45) is 0.759. The number of urea groups is 1. The van der Waals surface area contributed by atoms with Gasteiger partial charge in [-0.3, -0.25) is 9.59 Å². The number of ether oxygens (including phenoxy) is 3. The molecule has 1 saturated heterocycles. The normalized spacial score (nSPS) is 16.7. The lowest BCUT2D eigenvalue weighted by atomic mass is 9.95. The highest BCUT2D eigenvalue weighted by Crippen LogP contribution is 2.49. The summed E-state index contributed by atoms with van der Waals surface area (Å²) in [6.45, 7) is 4.62. The van der Waals surface area contributed by atoms with Crippen LogP contribution in [0.1, 0.15) is 77.7 Å². The number of fused-ring (bicyclic) bond motifs is 9. The second-order valence-electron chi connectivity index (χ2n) is 21.9. The number of likely N-dealkylation sites (N-methyl/N-ethyl adjacent to an activating group) is 1. The molecule has 7 aromatic carbocycles. The van der Waals surface area contributed by atoms with Crippen LogP contribution < -0.4 is 41.0 Å². The molecule has 0 unspecified atom stereocenters. The molecule has 3 heterocycles. The van der Waals surface area contributed by atoms with E-state index >= 15 is 0 Å². The van der Waals surface area contributed by atoms with Gasteiger partial charge in [0.05, 0.1) is 11.4 Å². The van der Waals surface area contributed by atoms with Crippen LogP contribution in [0.2, 0.25) is 0 Å². The Labute approximate surface area is 493 Å². The van der Waals surface area contributed by atoms with E-state index in [9.17, 15) is 24.0 Å². The van der Waals surface area contributed by atoms with Gasteiger partial charge in [0, 0.05) is 129 Å². The van der Waals surface area contributed by atoms with Crippen LogP contribution in [-0.2, 0) is 20.9 Å². The molecule has 16 nitrogen and oxygen atoms in total. The molecular formula is C65H68Cl2N8O8. The Morgan fingerprint density at radius 2 is 1.20 bits per heavy atom. The molecule has 18 heteroatoms. The van der Waals surface area contributed by atoms with Crippen molar-refractivity contribution in [3.8, 4) is 22.6 Å². The van der Waals surface area contributed by atoms with Crippen LogP contribution in [0, 0.1) is 0 Å². The topological polar surface area (TPSA) is 188 Å². The van der Waals surface area contributed by atoms with Gasteiger partial charge in [-0.15, -0.1) is 23.2 Å². The number of nitrogens with one attached hydrogen (secondary N) is 3. The summed E-state index contributed by atoms with van der Waals surface area (Å²) in [7, 11) is 2.03. The molecule has 4 aliphatic rings. The van der Waals surface area contributed by atoms with Gasteiger partial charge in [0.2, 0.25) is 11.8 Å². The van der Waals surface area contributed by atoms with Gasteiger partial charge in [-0.1, -0.05) is 109 Å². The maximum Gasteiger partial charge on any atom is 0.415 e. The average Bonchev–Trinajstić information content (AvgIpc) is 3.76. The van der Waals surface area contributed by atoms with Gasteiger partial charge in [-0.05, 0) is 88.2 Å². The number of amides is 6. The fourth-order valence-corrected chi connectivity index (χ4v) is 12.8. The number of carbonyl (C=O) groups is 5. The van der Waals surface area contributed by atoms with Gasteiger partial charge in [0.1, 0.15) is 24.7 Å². The second-order valence-corrected chi connectivity index (χ2v) is 22.5. The Hall–Kier alpha value is -8.05. The quantitative estimate of drug-likeness (QED) is 0.0422. The molecule has 0 spiro atoms. The standard InChI is InChI=1S/C65H68Cl2N8O8/c1-72-28-30-73(31-29-72)65(80)83-58-33-56-62(53-20-9-7-18-51(53)58)43(35-67)38-75(56)60(77)22-10-21-59(76)74-37-42(34-66)61-52-19-8-6-17-50(52)57(32-55(61)74)81-39-41-23-25-44(26-24-41)70-36-45(12-11-27-69-63(68)78)71-64(79)82-40-54-48-15-4-2-13-46(48)47-14-3-5-16-49(47)54/h2-9,13-20,23-26,32-33,42-43,45,54,70H,10-12,21-22,27-31,34-40H2,1H3,(H,71,79)(H3,68,69,78)/t42-,43-,45+/m1/s1. The molecule has 83 heavy (non-hydrogen) atoms. The van der Waals surface area contributed by atoms with E-state index in [4.69, 9.17) is 43.1 Å². The lowest BCUT2D eigenvalue weighted by molar-refractivity contribution is -0.119. The minimum Gasteiger partial charge on any atom is -0.488 e. The number of hydrogen-bond donors (Lipinski definition) is 4. The predicted molar refractivity (Wildman–Crippen MR) is 327 cm³/mol. The molecule has 3 atom stereocenters. The van der Waals surface area contributed by atoms with Crippen LogP contribution in [0.4, 0.5) is 31.4 Å². The lowest BCUT2D eigenvalue weighted by Crippen LogP contribution is -2.48. The molecule has 0 saturated carbocycles. The van der Waals surface area contributed by atoms with Crippen molar-refractivity contribution < 1.29 is 38.2 Å². The van der Waals surface area contributed by atoms with Crippen LogP contribution in [0.3, 0.4) is 0 Å². The number of nitrogens with two attached hydrogens (primary N) is 1. The molecule has 11 rings (SSSR count). The van der Waals surface area contributed by atoms with Crippen molar-refractivity contribution in [1.82, 2.24) is 20.4 Å². The molecule has 0 radical (unpaired) electrons. The van der Waals surface area contributed by atoms with Crippen LogP contribution in [-0.4, -0.2) is 124 Å². The Morgan fingerprint density at radius 1 is 0.663 bits per heavy atom. The van der Waals surface area contributed by atoms with Crippen LogP contribution >= 0.6 is 23.2 Å². The predicted octanol–water partition coefficient (Wildman–Crippen LogP) is 11.3. The largest absolute Gasteiger partial charge is 0.488 e. The number of hydrogen-bond acceptors (Lipinski definition) is 10. The third kappa shape index (κ3) is 12.4. The van der Waals surface area contributed by atoms with Gasteiger partial charge in [0.15, 0.2) is 0 Å². The molecule has 5 N–H and O–H groups in total. The third-order valence-electron chi connectivity index (χ3n) is 16.6. The van der Waals surface area contributed by atoms with Crippen molar-refractivity contribution in [3.05, 3.63) is 161 Å². The number of halogens is 2. The Bertz CT molecular complexity index is 3510. The maximum absolute atomic E-state index is 14.4. The first-order valence-corrected chi connectivity index (χ1v) is 29.6. The van der Waals surface area contributed by atoms with Gasteiger partial charge >= 0.3 is 18.2 Å². The minimum absolute atomic E-state index is 0.0736. The summed E-state index contributed by atoms with van der Waals surface area (Å²) in [5, 5.41) is 12.7. The molecule has 0 aromatic heterocycles. The first-order valence-electron chi connectivity index (χ1n) is 28.6. The molecule has 0 bridgehead atoms. The van der Waals surface area contributed by atoms with E-state index in [1.165, 1.54) is 0 Å². The van der Waals surface area contributed by atoms with E-state index in [-0.39, 0.29) is 61.7 Å². The first kappa shape index (κ1) is 56.8. The number of carbonyl (C=O) groups excluding carboxylic acids is 5. The Balaban J connectivity index is 0.722. The molecule has 3 aliphatic heterocycles. The van der Waals surface area contributed by atoms with Crippen LogP contribution in [0.25, 0.3) is 32.7 Å². The zero-order chi connectivity index (χ0) is 57.6. The summed E-state index contributed by atoms with van der Waals surface area (Å²) in [5.41, 5.74) is 15.0. The SMILES string of the molecule is CN1CCN(C(=O)Oc2cc3c(c4ccccc24)[C@H](CCl)CN3C(=O)CCCC(=O)N2C[C@@H](CCl)c3c2cc(OCc2ccc(NC[C@H](CCCNC(N)=O)NC(=O)OCC4c5ccccc5-c5ccccc54)cc2)c2ccccc32)CC1. The van der Waals surface area contributed by atoms with E-state index < -0.39 is 18.2 Å². The van der Waals surface area contributed by atoms with Crippen LogP contribution in [0.5, 0.6) is 11.5 Å². The fraction of sp³-hybridized carbons (Fsp3) is 0.338. The highest BCUT2D eigenvalue weighted by atomic mass is 35.5. The molecular weight excluding hydrogens is 1090 g/mol. The van der Waals surface area contributed by atoms with Crippen molar-refractivity contribution >= 4 is 91.8 Å². The van der Waals surface area contributed by atoms with Gasteiger partial charge in [0.25, 0.3) is 0 Å². The van der Waals surface area contributed by atoms with Crippen LogP contribution in [0.15, 0.2) is 133 Å². The smallest absolute Gasteiger partial charge is 0.415 e. The molecule has 6 amide bonds. The van der Waals surface area contributed by atoms with E-state index in [0.717, 1.165) is 85.0 Å². The Kier molecular flexibility index (Phi) is 17.5. The summed E-state index contributed by atoms with van der Waals surface area (Å²) in [6, 6.07) is 42.9. The Morgan fingerprint density at radius 3 is 1.78 bits per heavy atom. The number of rotatable bonds is 20. The van der Waals surface area contributed by atoms with Crippen molar-refractivity contribution in [3.63, 3.8) is 0 Å². The maximum atomic E-state index is 14.4. The molecule has 7 aromatic rings. The second kappa shape index (κ2) is 25.6. The van der Waals surface area contributed by atoms with Crippen molar-refractivity contribution in [1.29, 1.82) is 0 Å². The number of alkyl halides is 2. The summed E-state index contributed by atoms with van der Waals surface area (Å²) >= 11 is 13.3. The summed E-state index contributed by atoms with van der Waals surface area (Å²) < 4.78 is 18.6. The highest BCUT2D eigenvalue weighted by molar-refractivity contribution is 6.19. The lowest BCUT2D eigenvalue weighted by Gasteiger charge is -2.31. The number of primary amides is 1. The monoisotopic (exact) mass is 1160 g/mol. The fourth-order valence-electron chi connectivity index (χ4n) is 12.3. The summed E-state index contributed by atoms with van der Waals surface area (Å²) in [4.78, 5) is 74.2. The third-order valence-corrected chi connectivity index (χ3v) is 17.3. The van der Waals surface area contributed by atoms with E-state index in [0.29, 0.717) is 87.5 Å². The summed E-state index contributed by atoms with van der Waals surface area (Å²) in [5.74, 6) is 1.07. The number of piperazine rings is 1. The van der Waals surface area contributed by atoms with Crippen molar-refractivity contribution in [2.45, 2.75) is 62.5 Å².